The zero-order valence-corrected chi connectivity index (χ0v) is 15.4. The van der Waals surface area contributed by atoms with E-state index >= 15 is 0 Å². The van der Waals surface area contributed by atoms with Crippen LogP contribution in [0.1, 0.15) is 35.3 Å². The van der Waals surface area contributed by atoms with Crippen LogP contribution in [0.25, 0.3) is 0 Å². The summed E-state index contributed by atoms with van der Waals surface area (Å²) in [4.78, 5) is 23.8. The van der Waals surface area contributed by atoms with Crippen molar-refractivity contribution in [2.24, 2.45) is 0 Å². The number of anilines is 2. The molecule has 3 rings (SSSR count). The first kappa shape index (κ1) is 18.0. The predicted molar refractivity (Wildman–Crippen MR) is 100 cm³/mol. The molecule has 0 aliphatic carbocycles. The second-order valence-corrected chi connectivity index (χ2v) is 6.24. The van der Waals surface area contributed by atoms with Crippen LogP contribution in [0.5, 0.6) is 11.5 Å². The highest BCUT2D eigenvalue weighted by molar-refractivity contribution is 6.05. The summed E-state index contributed by atoms with van der Waals surface area (Å²) >= 11 is 0. The molecule has 1 aliphatic heterocycles. The highest BCUT2D eigenvalue weighted by atomic mass is 16.5. The Morgan fingerprint density at radius 3 is 2.58 bits per heavy atom. The van der Waals surface area contributed by atoms with Gasteiger partial charge in [0.25, 0.3) is 5.91 Å². The smallest absolute Gasteiger partial charge is 0.259 e. The average molecular weight is 356 g/mol. The van der Waals surface area contributed by atoms with Crippen LogP contribution in [0.2, 0.25) is 0 Å². The van der Waals surface area contributed by atoms with Gasteiger partial charge in [0.15, 0.2) is 0 Å². The number of methoxy groups -OCH3 is 2. The first-order chi connectivity index (χ1) is 12.6. The maximum Gasteiger partial charge on any atom is 0.259 e. The topological polar surface area (TPSA) is 76.6 Å². The van der Waals surface area contributed by atoms with Gasteiger partial charge in [-0.2, -0.15) is 0 Å². The lowest BCUT2D eigenvalue weighted by Gasteiger charge is -2.26. The van der Waals surface area contributed by atoms with Gasteiger partial charge >= 0.3 is 0 Å². The Morgan fingerprint density at radius 1 is 1.15 bits per heavy atom. The fourth-order valence-electron chi connectivity index (χ4n) is 3.03. The van der Waals surface area contributed by atoms with Crippen LogP contribution < -0.4 is 19.7 Å². The number of piperidine rings is 1. The number of rotatable bonds is 5. The van der Waals surface area contributed by atoms with E-state index < -0.39 is 0 Å². The molecule has 1 aromatic carbocycles. The molecule has 2 heterocycles. The number of hydrogen-bond donors (Lipinski definition) is 1. The van der Waals surface area contributed by atoms with Crippen molar-refractivity contribution in [2.75, 3.05) is 37.5 Å². The molecule has 0 spiro atoms. The van der Waals surface area contributed by atoms with Gasteiger partial charge in [-0.05, 0) is 38.3 Å². The third kappa shape index (κ3) is 3.87. The van der Waals surface area contributed by atoms with E-state index in [2.05, 4.69) is 20.2 Å². The lowest BCUT2D eigenvalue weighted by atomic mass is 10.1. The Bertz CT molecular complexity index is 788. The average Bonchev–Trinajstić information content (AvgIpc) is 2.68. The van der Waals surface area contributed by atoms with Crippen molar-refractivity contribution < 1.29 is 14.3 Å². The third-order valence-corrected chi connectivity index (χ3v) is 4.50. The summed E-state index contributed by atoms with van der Waals surface area (Å²) in [7, 11) is 3.13. The summed E-state index contributed by atoms with van der Waals surface area (Å²) in [6.07, 6.45) is 5.15. The van der Waals surface area contributed by atoms with Gasteiger partial charge in [0, 0.05) is 25.4 Å². The molecule has 0 bridgehead atoms. The molecular weight excluding hydrogens is 332 g/mol. The van der Waals surface area contributed by atoms with Crippen molar-refractivity contribution in [3.05, 3.63) is 35.7 Å². The van der Waals surface area contributed by atoms with E-state index in [9.17, 15) is 4.79 Å². The molecule has 26 heavy (non-hydrogen) atoms. The van der Waals surface area contributed by atoms with Gasteiger partial charge in [-0.15, -0.1) is 0 Å². The number of amides is 1. The Balaban J connectivity index is 1.80. The van der Waals surface area contributed by atoms with Gasteiger partial charge in [0.2, 0.25) is 5.95 Å². The van der Waals surface area contributed by atoms with Crippen LogP contribution in [-0.2, 0) is 0 Å². The molecule has 0 unspecified atom stereocenters. The second kappa shape index (κ2) is 8.03. The van der Waals surface area contributed by atoms with E-state index in [-0.39, 0.29) is 5.91 Å². The van der Waals surface area contributed by atoms with E-state index in [0.29, 0.717) is 34.4 Å². The molecule has 0 saturated carbocycles. The highest BCUT2D eigenvalue weighted by Gasteiger charge is 2.18. The van der Waals surface area contributed by atoms with E-state index in [0.717, 1.165) is 25.9 Å². The van der Waals surface area contributed by atoms with Gasteiger partial charge in [0.1, 0.15) is 11.5 Å². The largest absolute Gasteiger partial charge is 0.497 e. The fraction of sp³-hybridized carbons (Fsp3) is 0.421. The molecule has 1 fully saturated rings. The van der Waals surface area contributed by atoms with Crippen molar-refractivity contribution in [1.82, 2.24) is 9.97 Å². The van der Waals surface area contributed by atoms with Crippen LogP contribution in [0, 0.1) is 6.92 Å². The minimum Gasteiger partial charge on any atom is -0.497 e. The SMILES string of the molecule is COc1ccc(OC)c(NC(=O)c2cnc(N3CCCCC3)nc2C)c1. The Hall–Kier alpha value is -2.83. The van der Waals surface area contributed by atoms with E-state index in [1.54, 1.807) is 38.6 Å². The fourth-order valence-corrected chi connectivity index (χ4v) is 3.03. The minimum atomic E-state index is -0.278. The van der Waals surface area contributed by atoms with Gasteiger partial charge in [-0.3, -0.25) is 4.79 Å². The summed E-state index contributed by atoms with van der Waals surface area (Å²) < 4.78 is 10.5. The molecule has 1 aliphatic rings. The van der Waals surface area contributed by atoms with Crippen molar-refractivity contribution in [3.8, 4) is 11.5 Å². The molecule has 7 heteroatoms. The Kier molecular flexibility index (Phi) is 5.55. The number of nitrogens with zero attached hydrogens (tertiary/aromatic N) is 3. The number of ether oxygens (including phenoxy) is 2. The maximum atomic E-state index is 12.7. The van der Waals surface area contributed by atoms with Crippen molar-refractivity contribution in [1.29, 1.82) is 0 Å². The Labute approximate surface area is 153 Å². The van der Waals surface area contributed by atoms with Crippen molar-refractivity contribution in [2.45, 2.75) is 26.2 Å². The zero-order chi connectivity index (χ0) is 18.5. The first-order valence-electron chi connectivity index (χ1n) is 8.74. The second-order valence-electron chi connectivity index (χ2n) is 6.24. The molecule has 1 aromatic heterocycles. The lowest BCUT2D eigenvalue weighted by molar-refractivity contribution is 0.102. The van der Waals surface area contributed by atoms with E-state index in [1.165, 1.54) is 6.42 Å². The zero-order valence-electron chi connectivity index (χ0n) is 15.4. The van der Waals surface area contributed by atoms with Crippen LogP contribution >= 0.6 is 0 Å². The molecule has 1 saturated heterocycles. The number of nitrogens with one attached hydrogen (secondary N) is 1. The van der Waals surface area contributed by atoms with Crippen LogP contribution in [0.4, 0.5) is 11.6 Å². The normalized spacial score (nSPS) is 14.0. The number of carbonyl (C=O) groups excluding carboxylic acids is 1. The monoisotopic (exact) mass is 356 g/mol. The van der Waals surface area contributed by atoms with Crippen LogP contribution in [0.3, 0.4) is 0 Å². The summed E-state index contributed by atoms with van der Waals surface area (Å²) in [5, 5.41) is 2.85. The molecule has 7 nitrogen and oxygen atoms in total. The lowest BCUT2D eigenvalue weighted by Crippen LogP contribution is -2.31. The summed E-state index contributed by atoms with van der Waals surface area (Å²) in [6.45, 7) is 3.75. The van der Waals surface area contributed by atoms with E-state index in [1.807, 2.05) is 6.92 Å². The number of benzene rings is 1. The van der Waals surface area contributed by atoms with E-state index in [4.69, 9.17) is 9.47 Å². The number of aromatic nitrogens is 2. The Morgan fingerprint density at radius 2 is 1.92 bits per heavy atom. The minimum absolute atomic E-state index is 0.278. The molecular formula is C19H24N4O3. The summed E-state index contributed by atoms with van der Waals surface area (Å²) in [5.74, 6) is 1.61. The first-order valence-corrected chi connectivity index (χ1v) is 8.74. The number of aryl methyl sites for hydroxylation is 1. The van der Waals surface area contributed by atoms with Crippen molar-refractivity contribution in [3.63, 3.8) is 0 Å². The molecule has 2 aromatic rings. The quantitative estimate of drug-likeness (QED) is 0.887. The van der Waals surface area contributed by atoms with Crippen LogP contribution in [0.15, 0.2) is 24.4 Å². The third-order valence-electron chi connectivity index (χ3n) is 4.50. The standard InChI is InChI=1S/C19H24N4O3/c1-13-15(12-20-19(21-13)23-9-5-4-6-10-23)18(24)22-16-11-14(25-2)7-8-17(16)26-3/h7-8,11-12H,4-6,9-10H2,1-3H3,(H,22,24). The molecule has 1 amide bonds. The molecule has 0 radical (unpaired) electrons. The highest BCUT2D eigenvalue weighted by Crippen LogP contribution is 2.29. The number of carbonyl (C=O) groups is 1. The van der Waals surface area contributed by atoms with Gasteiger partial charge < -0.3 is 19.7 Å². The summed E-state index contributed by atoms with van der Waals surface area (Å²) in [6, 6.07) is 5.24. The maximum absolute atomic E-state index is 12.7. The molecule has 138 valence electrons. The van der Waals surface area contributed by atoms with Gasteiger partial charge in [0.05, 0.1) is 31.2 Å². The molecule has 1 N–H and O–H groups in total. The van der Waals surface area contributed by atoms with Gasteiger partial charge in [-0.1, -0.05) is 0 Å². The predicted octanol–water partition coefficient (Wildman–Crippen LogP) is 3.04. The van der Waals surface area contributed by atoms with Gasteiger partial charge in [-0.25, -0.2) is 9.97 Å². The molecule has 0 atom stereocenters. The summed E-state index contributed by atoms with van der Waals surface area (Å²) in [5.41, 5.74) is 1.63. The van der Waals surface area contributed by atoms with Crippen LogP contribution in [-0.4, -0.2) is 43.2 Å². The number of hydrogen-bond acceptors (Lipinski definition) is 6. The van der Waals surface area contributed by atoms with Crippen molar-refractivity contribution >= 4 is 17.5 Å².